The minimum atomic E-state index is -5.44. The summed E-state index contributed by atoms with van der Waals surface area (Å²) in [5, 5.41) is 86.5. The summed E-state index contributed by atoms with van der Waals surface area (Å²) >= 11 is 0. The molecule has 0 aliphatic carbocycles. The van der Waals surface area contributed by atoms with Crippen molar-refractivity contribution in [3.63, 3.8) is 0 Å². The number of aliphatic hydroxyl groups excluding tert-OH is 8. The lowest BCUT2D eigenvalue weighted by atomic mass is 9.95. The first kappa shape index (κ1) is 42.4. The third kappa shape index (κ3) is 11.6. The fourth-order valence-corrected chi connectivity index (χ4v) is 5.99. The van der Waals surface area contributed by atoms with Crippen LogP contribution in [0.15, 0.2) is 0 Å². The van der Waals surface area contributed by atoms with Crippen LogP contribution < -0.4 is 10.6 Å². The minimum Gasteiger partial charge on any atom is -0.394 e. The van der Waals surface area contributed by atoms with Gasteiger partial charge in [0.25, 0.3) is 0 Å². The Morgan fingerprint density at radius 2 is 1.33 bits per heavy atom. The first-order valence-corrected chi connectivity index (χ1v) is 16.5. The average molecular weight is 749 g/mol. The number of nitrogens with one attached hydrogen (secondary N) is 2. The summed E-state index contributed by atoms with van der Waals surface area (Å²) in [5.41, 5.74) is 0. The number of ether oxygens (including phenoxy) is 4. The second-order valence-electron chi connectivity index (χ2n) is 10.6. The van der Waals surface area contributed by atoms with E-state index in [9.17, 15) is 71.8 Å². The Hall–Kier alpha value is -1.80. The molecule has 0 radical (unpaired) electrons. The number of hydrogen-bond donors (Lipinski definition) is 12. The van der Waals surface area contributed by atoms with E-state index in [0.717, 1.165) is 13.8 Å². The van der Waals surface area contributed by atoms with Gasteiger partial charge in [-0.05, 0) is 0 Å². The molecular weight excluding hydrogens is 708 g/mol. The van der Waals surface area contributed by atoms with Gasteiger partial charge in [0.2, 0.25) is 11.8 Å². The Labute approximate surface area is 273 Å². The molecule has 0 aromatic carbocycles. The van der Waals surface area contributed by atoms with Gasteiger partial charge in [-0.2, -0.15) is 16.8 Å². The van der Waals surface area contributed by atoms with Crippen molar-refractivity contribution in [1.29, 1.82) is 0 Å². The lowest BCUT2D eigenvalue weighted by Crippen LogP contribution is -2.68. The molecule has 2 saturated heterocycles. The van der Waals surface area contributed by atoms with E-state index in [1.165, 1.54) is 0 Å². The van der Waals surface area contributed by atoms with E-state index in [1.54, 1.807) is 0 Å². The molecule has 2 heterocycles. The van der Waals surface area contributed by atoms with Gasteiger partial charge in [-0.15, -0.1) is 0 Å². The monoisotopic (exact) mass is 748 g/mol. The van der Waals surface area contributed by atoms with Crippen molar-refractivity contribution in [2.45, 2.75) is 99.6 Å². The maximum absolute atomic E-state index is 11.9. The third-order valence-electron chi connectivity index (χ3n) is 6.96. The summed E-state index contributed by atoms with van der Waals surface area (Å²) in [4.78, 5) is 23.6. The van der Waals surface area contributed by atoms with Gasteiger partial charge in [-0.1, -0.05) is 0 Å². The molecule has 2 rings (SSSR count). The highest BCUT2D eigenvalue weighted by Crippen LogP contribution is 2.32. The van der Waals surface area contributed by atoms with Crippen LogP contribution in [0, 0.1) is 0 Å². The molecule has 12 N–H and O–H groups in total. The van der Waals surface area contributed by atoms with Crippen LogP contribution in [0.3, 0.4) is 0 Å². The van der Waals surface area contributed by atoms with Gasteiger partial charge in [-0.25, -0.2) is 8.37 Å². The highest BCUT2D eigenvalue weighted by molar-refractivity contribution is 7.81. The highest BCUT2D eigenvalue weighted by atomic mass is 32.3. The summed E-state index contributed by atoms with van der Waals surface area (Å²) in [6.45, 7) is -2.53. The second-order valence-corrected chi connectivity index (χ2v) is 12.7. The van der Waals surface area contributed by atoms with Gasteiger partial charge < -0.3 is 70.4 Å². The molecule has 0 saturated carbocycles. The maximum atomic E-state index is 11.9. The lowest BCUT2D eigenvalue weighted by Gasteiger charge is -2.48. The predicted octanol–water partition coefficient (Wildman–Crippen LogP) is -8.00. The van der Waals surface area contributed by atoms with E-state index in [2.05, 4.69) is 19.0 Å². The van der Waals surface area contributed by atoms with E-state index >= 15 is 0 Å². The number of carbonyl (C=O) groups is 2. The molecule has 26 heteroatoms. The molecule has 24 nitrogen and oxygen atoms in total. The molecule has 282 valence electrons. The van der Waals surface area contributed by atoms with Crippen LogP contribution in [0.5, 0.6) is 0 Å². The first-order chi connectivity index (χ1) is 22.2. The van der Waals surface area contributed by atoms with Crippen LogP contribution in [-0.4, -0.2) is 191 Å². The molecule has 0 aromatic heterocycles. The van der Waals surface area contributed by atoms with Gasteiger partial charge in [0.1, 0.15) is 67.1 Å². The Morgan fingerprint density at radius 3 is 1.79 bits per heavy atom. The molecule has 2 aliphatic rings. The van der Waals surface area contributed by atoms with Crippen LogP contribution in [0.25, 0.3) is 0 Å². The van der Waals surface area contributed by atoms with Crippen LogP contribution in [0.4, 0.5) is 0 Å². The van der Waals surface area contributed by atoms with Crippen molar-refractivity contribution in [2.75, 3.05) is 26.4 Å². The molecule has 2 fully saturated rings. The number of rotatable bonds is 17. The maximum Gasteiger partial charge on any atom is 0.397 e. The van der Waals surface area contributed by atoms with Crippen molar-refractivity contribution in [3.8, 4) is 0 Å². The number of aliphatic hydroxyl groups is 8. The van der Waals surface area contributed by atoms with E-state index < -0.39 is 145 Å². The molecule has 0 spiro atoms. The first-order valence-electron chi connectivity index (χ1n) is 13.8. The van der Waals surface area contributed by atoms with Gasteiger partial charge >= 0.3 is 20.8 Å². The topological polar surface area (TPSA) is 384 Å². The zero-order chi connectivity index (χ0) is 36.7. The Kier molecular flexibility index (Phi) is 15.8. The molecule has 0 unspecified atom stereocenters. The van der Waals surface area contributed by atoms with Gasteiger partial charge in [0.05, 0.1) is 32.5 Å². The Balaban J connectivity index is 2.45. The largest absolute Gasteiger partial charge is 0.397 e. The summed E-state index contributed by atoms with van der Waals surface area (Å²) in [7, 11) is -10.7. The summed E-state index contributed by atoms with van der Waals surface area (Å²) in [6.07, 6.45) is -24.7. The molecule has 2 amide bonds. The van der Waals surface area contributed by atoms with Crippen molar-refractivity contribution in [3.05, 3.63) is 0 Å². The summed E-state index contributed by atoms with van der Waals surface area (Å²) in [5.74, 6) is -1.71. The van der Waals surface area contributed by atoms with Crippen LogP contribution in [0.1, 0.15) is 13.8 Å². The number of carbonyl (C=O) groups excluding carboxylic acids is 2. The number of amides is 2. The van der Waals surface area contributed by atoms with Crippen molar-refractivity contribution < 1.29 is 104 Å². The van der Waals surface area contributed by atoms with Crippen LogP contribution in [0.2, 0.25) is 0 Å². The van der Waals surface area contributed by atoms with Gasteiger partial charge in [0, 0.05) is 13.8 Å². The number of hydrogen-bond acceptors (Lipinski definition) is 20. The fraction of sp³-hybridized carbons (Fsp3) is 0.909. The zero-order valence-corrected chi connectivity index (χ0v) is 26.7. The normalized spacial score (nSPS) is 34.1. The quantitative estimate of drug-likeness (QED) is 0.0614. The molecule has 2 aliphatic heterocycles. The van der Waals surface area contributed by atoms with Crippen molar-refractivity contribution in [1.82, 2.24) is 10.6 Å². The van der Waals surface area contributed by atoms with E-state index in [-0.39, 0.29) is 0 Å². The third-order valence-corrected chi connectivity index (χ3v) is 7.89. The van der Waals surface area contributed by atoms with Crippen LogP contribution in [-0.2, 0) is 57.7 Å². The molecule has 0 bridgehead atoms. The Bertz CT molecular complexity index is 1270. The molecule has 14 atom stereocenters. The smallest absolute Gasteiger partial charge is 0.394 e. The van der Waals surface area contributed by atoms with E-state index in [4.69, 9.17) is 23.5 Å². The van der Waals surface area contributed by atoms with E-state index in [1.807, 2.05) is 0 Å². The average Bonchev–Trinajstić information content (AvgIpc) is 2.98. The fourth-order valence-electron chi connectivity index (χ4n) is 4.95. The second kappa shape index (κ2) is 17.9. The lowest BCUT2D eigenvalue weighted by molar-refractivity contribution is -0.355. The standard InChI is InChI=1S/C22H40N2O22S2/c1-7(29)23-9(3-25)17(18(10(31)4-26)45-47(35,36)37)43-22-16(34)15(33)19(11(5-27)42-22)44-21-13(24-8(2)30)14(32)20(12(6-28)41-21)46-48(38,39)40/h9-22,25-28,31-34H,3-6H2,1-2H3,(H,23,29)(H,24,30)(H,35,36,37)(H,38,39,40)/t9-,10+,11+,12+,13+,14+,15+,16+,17+,18-,19+,20-,21-,22-/m0/s1. The Morgan fingerprint density at radius 1 is 0.771 bits per heavy atom. The van der Waals surface area contributed by atoms with E-state index in [0.29, 0.717) is 0 Å². The van der Waals surface area contributed by atoms with Gasteiger partial charge in [0.15, 0.2) is 12.6 Å². The predicted molar refractivity (Wildman–Crippen MR) is 147 cm³/mol. The summed E-state index contributed by atoms with van der Waals surface area (Å²) in [6, 6.07) is -3.48. The SMILES string of the molecule is CC(=O)N[C@H]1[C@H](O[C@H]2[C@H](O)[C@@H](O)[C@H](O[C@@H]([C@@H](OS(=O)(=O)O)[C@H](O)CO)[C@H](CO)NC(C)=O)O[C@@H]2CO)O[C@H](CO)[C@H](OS(=O)(=O)O)[C@@H]1O. The minimum absolute atomic E-state index is 0.854. The zero-order valence-electron chi connectivity index (χ0n) is 25.1. The molecule has 48 heavy (non-hydrogen) atoms. The van der Waals surface area contributed by atoms with Crippen LogP contribution >= 0.6 is 0 Å². The van der Waals surface area contributed by atoms with Crippen molar-refractivity contribution >= 4 is 32.6 Å². The summed E-state index contributed by atoms with van der Waals surface area (Å²) < 4.78 is 94.9. The highest BCUT2D eigenvalue weighted by Gasteiger charge is 2.54. The van der Waals surface area contributed by atoms with Crippen molar-refractivity contribution in [2.24, 2.45) is 0 Å². The molecular formula is C22H40N2O22S2. The molecule has 0 aromatic rings. The van der Waals surface area contributed by atoms with Gasteiger partial charge in [-0.3, -0.25) is 18.7 Å².